The van der Waals surface area contributed by atoms with E-state index in [1.807, 2.05) is 18.2 Å². The van der Waals surface area contributed by atoms with Gasteiger partial charge in [-0.2, -0.15) is 0 Å². The zero-order valence-corrected chi connectivity index (χ0v) is 11.6. The summed E-state index contributed by atoms with van der Waals surface area (Å²) in [5.74, 6) is 0.0488. The van der Waals surface area contributed by atoms with Gasteiger partial charge in [0.25, 0.3) is 5.91 Å². The van der Waals surface area contributed by atoms with Crippen LogP contribution in [0.25, 0.3) is 0 Å². The maximum absolute atomic E-state index is 10.9. The van der Waals surface area contributed by atoms with E-state index in [1.54, 1.807) is 12.1 Å². The van der Waals surface area contributed by atoms with Gasteiger partial charge in [-0.05, 0) is 17.7 Å². The molecule has 0 atom stereocenters. The molecule has 0 aliphatic rings. The average molecular weight is 270 g/mol. The second-order valence-corrected chi connectivity index (χ2v) is 5.27. The Morgan fingerprint density at radius 2 is 1.85 bits per heavy atom. The van der Waals surface area contributed by atoms with Crippen LogP contribution in [0.15, 0.2) is 42.5 Å². The number of hydrogen-bond donors (Lipinski definition) is 2. The molecular weight excluding hydrogens is 252 g/mol. The SMILES string of the molecule is CC(C)(CNc1ccc(C(N)=O)nn1)c1ccccc1. The van der Waals surface area contributed by atoms with Gasteiger partial charge < -0.3 is 11.1 Å². The minimum absolute atomic E-state index is 0.0364. The van der Waals surface area contributed by atoms with Crippen LogP contribution in [-0.2, 0) is 5.41 Å². The summed E-state index contributed by atoms with van der Waals surface area (Å²) in [5, 5.41) is 10.9. The van der Waals surface area contributed by atoms with Gasteiger partial charge in [0.2, 0.25) is 0 Å². The Morgan fingerprint density at radius 3 is 2.40 bits per heavy atom. The lowest BCUT2D eigenvalue weighted by atomic mass is 9.85. The summed E-state index contributed by atoms with van der Waals surface area (Å²) in [6, 6.07) is 13.5. The summed E-state index contributed by atoms with van der Waals surface area (Å²) in [4.78, 5) is 10.9. The number of carbonyl (C=O) groups is 1. The fraction of sp³-hybridized carbons (Fsp3) is 0.267. The van der Waals surface area contributed by atoms with Gasteiger partial charge in [0, 0.05) is 12.0 Å². The van der Waals surface area contributed by atoms with Crippen LogP contribution in [0.2, 0.25) is 0 Å². The lowest BCUT2D eigenvalue weighted by molar-refractivity contribution is 0.0994. The van der Waals surface area contributed by atoms with Crippen molar-refractivity contribution in [2.24, 2.45) is 5.73 Å². The fourth-order valence-electron chi connectivity index (χ4n) is 1.86. The van der Waals surface area contributed by atoms with Crippen molar-refractivity contribution >= 4 is 11.7 Å². The molecule has 20 heavy (non-hydrogen) atoms. The quantitative estimate of drug-likeness (QED) is 0.870. The molecule has 1 amide bonds. The zero-order chi connectivity index (χ0) is 14.6. The molecule has 1 aromatic carbocycles. The molecule has 0 radical (unpaired) electrons. The molecule has 5 nitrogen and oxygen atoms in total. The van der Waals surface area contributed by atoms with Crippen LogP contribution in [0.1, 0.15) is 29.9 Å². The van der Waals surface area contributed by atoms with E-state index >= 15 is 0 Å². The Balaban J connectivity index is 2.03. The van der Waals surface area contributed by atoms with Gasteiger partial charge >= 0.3 is 0 Å². The number of nitrogens with zero attached hydrogens (tertiary/aromatic N) is 2. The predicted octanol–water partition coefficient (Wildman–Crippen LogP) is 1.97. The van der Waals surface area contributed by atoms with Crippen LogP contribution in [0.3, 0.4) is 0 Å². The van der Waals surface area contributed by atoms with E-state index in [9.17, 15) is 4.79 Å². The van der Waals surface area contributed by atoms with Gasteiger partial charge in [-0.15, -0.1) is 10.2 Å². The van der Waals surface area contributed by atoms with Crippen molar-refractivity contribution in [3.8, 4) is 0 Å². The third-order valence-electron chi connectivity index (χ3n) is 3.18. The van der Waals surface area contributed by atoms with Crippen molar-refractivity contribution in [3.63, 3.8) is 0 Å². The number of nitrogens with two attached hydrogens (primary N) is 1. The standard InChI is InChI=1S/C15H18N4O/c1-15(2,11-6-4-3-5-7-11)10-17-13-9-8-12(14(16)20)18-19-13/h3-9H,10H2,1-2H3,(H2,16,20)(H,17,19). The highest BCUT2D eigenvalue weighted by Crippen LogP contribution is 2.22. The van der Waals surface area contributed by atoms with Crippen molar-refractivity contribution < 1.29 is 4.79 Å². The van der Waals surface area contributed by atoms with Crippen molar-refractivity contribution in [1.82, 2.24) is 10.2 Å². The van der Waals surface area contributed by atoms with Crippen molar-refractivity contribution in [2.75, 3.05) is 11.9 Å². The fourth-order valence-corrected chi connectivity index (χ4v) is 1.86. The van der Waals surface area contributed by atoms with E-state index in [0.29, 0.717) is 12.4 Å². The lowest BCUT2D eigenvalue weighted by Gasteiger charge is -2.25. The number of amides is 1. The number of benzene rings is 1. The van der Waals surface area contributed by atoms with Crippen LogP contribution >= 0.6 is 0 Å². The molecule has 1 aromatic heterocycles. The summed E-state index contributed by atoms with van der Waals surface area (Å²) in [6.45, 7) is 5.02. The number of anilines is 1. The van der Waals surface area contributed by atoms with Crippen LogP contribution < -0.4 is 11.1 Å². The average Bonchev–Trinajstić information content (AvgIpc) is 2.46. The Hall–Kier alpha value is -2.43. The van der Waals surface area contributed by atoms with E-state index in [0.717, 1.165) is 0 Å². The second-order valence-electron chi connectivity index (χ2n) is 5.27. The molecule has 2 rings (SSSR count). The van der Waals surface area contributed by atoms with Crippen LogP contribution in [0, 0.1) is 0 Å². The first-order valence-corrected chi connectivity index (χ1v) is 6.42. The molecule has 0 unspecified atom stereocenters. The number of nitrogens with one attached hydrogen (secondary N) is 1. The number of aromatic nitrogens is 2. The van der Waals surface area contributed by atoms with Crippen molar-refractivity contribution in [3.05, 3.63) is 53.7 Å². The Morgan fingerprint density at radius 1 is 1.15 bits per heavy atom. The van der Waals surface area contributed by atoms with E-state index < -0.39 is 5.91 Å². The lowest BCUT2D eigenvalue weighted by Crippen LogP contribution is -2.28. The topological polar surface area (TPSA) is 80.9 Å². The number of primary amides is 1. The summed E-state index contributed by atoms with van der Waals surface area (Å²) in [6.07, 6.45) is 0. The van der Waals surface area contributed by atoms with Crippen LogP contribution in [0.5, 0.6) is 0 Å². The molecule has 0 spiro atoms. The third kappa shape index (κ3) is 3.32. The molecule has 0 fully saturated rings. The number of hydrogen-bond acceptors (Lipinski definition) is 4. The molecule has 0 aliphatic heterocycles. The van der Waals surface area contributed by atoms with E-state index in [4.69, 9.17) is 5.73 Å². The zero-order valence-electron chi connectivity index (χ0n) is 11.6. The first kappa shape index (κ1) is 14.0. The van der Waals surface area contributed by atoms with Gasteiger partial charge in [-0.1, -0.05) is 44.2 Å². The molecule has 0 saturated carbocycles. The molecule has 1 heterocycles. The third-order valence-corrected chi connectivity index (χ3v) is 3.18. The van der Waals surface area contributed by atoms with Gasteiger partial charge in [0.05, 0.1) is 0 Å². The van der Waals surface area contributed by atoms with Gasteiger partial charge in [-0.3, -0.25) is 4.79 Å². The molecule has 0 bridgehead atoms. The molecule has 104 valence electrons. The van der Waals surface area contributed by atoms with Crippen LogP contribution in [0.4, 0.5) is 5.82 Å². The molecule has 3 N–H and O–H groups in total. The molecule has 2 aromatic rings. The maximum atomic E-state index is 10.9. The highest BCUT2D eigenvalue weighted by atomic mass is 16.1. The molecule has 5 heteroatoms. The highest BCUT2D eigenvalue weighted by Gasteiger charge is 2.20. The Labute approximate surface area is 118 Å². The highest BCUT2D eigenvalue weighted by molar-refractivity contribution is 5.90. The van der Waals surface area contributed by atoms with E-state index in [1.165, 1.54) is 5.56 Å². The number of carbonyl (C=O) groups excluding carboxylic acids is 1. The first-order valence-electron chi connectivity index (χ1n) is 6.42. The number of rotatable bonds is 5. The smallest absolute Gasteiger partial charge is 0.269 e. The van der Waals surface area contributed by atoms with Gasteiger partial charge in [0.1, 0.15) is 5.82 Å². The summed E-state index contributed by atoms with van der Waals surface area (Å²) in [5.41, 5.74) is 6.49. The monoisotopic (exact) mass is 270 g/mol. The summed E-state index contributed by atoms with van der Waals surface area (Å²) < 4.78 is 0. The van der Waals surface area contributed by atoms with Gasteiger partial charge in [-0.25, -0.2) is 0 Å². The maximum Gasteiger partial charge on any atom is 0.269 e. The van der Waals surface area contributed by atoms with E-state index in [2.05, 4.69) is 41.5 Å². The minimum Gasteiger partial charge on any atom is -0.368 e. The molecule has 0 aliphatic carbocycles. The minimum atomic E-state index is -0.575. The Bertz CT molecular complexity index is 579. The first-order chi connectivity index (χ1) is 9.49. The summed E-state index contributed by atoms with van der Waals surface area (Å²) >= 11 is 0. The van der Waals surface area contributed by atoms with Gasteiger partial charge in [0.15, 0.2) is 5.69 Å². The Kier molecular flexibility index (Phi) is 3.98. The molecular formula is C15H18N4O. The summed E-state index contributed by atoms with van der Waals surface area (Å²) in [7, 11) is 0. The second kappa shape index (κ2) is 5.69. The van der Waals surface area contributed by atoms with Crippen LogP contribution in [-0.4, -0.2) is 22.6 Å². The normalized spacial score (nSPS) is 11.1. The predicted molar refractivity (Wildman–Crippen MR) is 78.5 cm³/mol. The van der Waals surface area contributed by atoms with Crippen molar-refractivity contribution in [2.45, 2.75) is 19.3 Å². The van der Waals surface area contributed by atoms with E-state index in [-0.39, 0.29) is 11.1 Å². The molecule has 0 saturated heterocycles. The largest absolute Gasteiger partial charge is 0.368 e. The van der Waals surface area contributed by atoms with Crippen molar-refractivity contribution in [1.29, 1.82) is 0 Å².